The third kappa shape index (κ3) is 5.05. The molecule has 1 aromatic rings. The Kier molecular flexibility index (Phi) is 6.71. The van der Waals surface area contributed by atoms with Crippen LogP contribution in [0.5, 0.6) is 0 Å². The van der Waals surface area contributed by atoms with E-state index >= 15 is 0 Å². The first-order chi connectivity index (χ1) is 13.2. The Morgan fingerprint density at radius 3 is 2.54 bits per heavy atom. The molecule has 9 heteroatoms. The molecule has 1 saturated heterocycles. The highest BCUT2D eigenvalue weighted by Crippen LogP contribution is 2.23. The minimum absolute atomic E-state index is 0.343. The Morgan fingerprint density at radius 2 is 1.93 bits per heavy atom. The molecular formula is C19H24FN3O5. The molecule has 0 aromatic heterocycles. The predicted molar refractivity (Wildman–Crippen MR) is 98.8 cm³/mol. The zero-order chi connectivity index (χ0) is 20.9. The van der Waals surface area contributed by atoms with E-state index in [0.717, 1.165) is 17.7 Å². The predicted octanol–water partition coefficient (Wildman–Crippen LogP) is 2.20. The van der Waals surface area contributed by atoms with Crippen LogP contribution in [0, 0.1) is 5.82 Å². The Hall–Kier alpha value is -2.97. The lowest BCUT2D eigenvalue weighted by Crippen LogP contribution is -2.44. The van der Waals surface area contributed by atoms with Crippen molar-refractivity contribution in [3.05, 3.63) is 30.1 Å². The normalized spacial score (nSPS) is 19.9. The molecule has 0 saturated carbocycles. The summed E-state index contributed by atoms with van der Waals surface area (Å²) in [6.07, 6.45) is 0.920. The third-order valence-electron chi connectivity index (χ3n) is 4.45. The number of esters is 1. The van der Waals surface area contributed by atoms with Crippen LogP contribution < -0.4 is 10.6 Å². The fourth-order valence-corrected chi connectivity index (χ4v) is 2.78. The molecule has 1 aliphatic rings. The molecular weight excluding hydrogens is 369 g/mol. The molecule has 2 rings (SSSR count). The van der Waals surface area contributed by atoms with Crippen molar-refractivity contribution in [1.82, 2.24) is 10.2 Å². The first kappa shape index (κ1) is 21.3. The quantitative estimate of drug-likeness (QED) is 0.520. The van der Waals surface area contributed by atoms with Gasteiger partial charge in [0.25, 0.3) is 11.8 Å². The van der Waals surface area contributed by atoms with Gasteiger partial charge in [0.05, 0.1) is 0 Å². The third-order valence-corrected chi connectivity index (χ3v) is 4.45. The van der Waals surface area contributed by atoms with Crippen LogP contribution in [0.4, 0.5) is 14.9 Å². The fourth-order valence-electron chi connectivity index (χ4n) is 2.78. The number of rotatable bonds is 8. The van der Waals surface area contributed by atoms with Crippen molar-refractivity contribution in [1.29, 1.82) is 0 Å². The van der Waals surface area contributed by atoms with Crippen LogP contribution in [-0.4, -0.2) is 46.9 Å². The summed E-state index contributed by atoms with van der Waals surface area (Å²) < 4.78 is 17.9. The molecule has 0 aliphatic carbocycles. The Labute approximate surface area is 162 Å². The largest absolute Gasteiger partial charge is 0.451 e. The SMILES string of the molecule is CCCC[C@]1(C)NC(=O)N(CC(=O)O[C@H](C)C(=O)Nc2ccc(F)cc2)C1=O. The van der Waals surface area contributed by atoms with E-state index in [4.69, 9.17) is 4.74 Å². The number of nitrogens with one attached hydrogen (secondary N) is 2. The number of ether oxygens (including phenoxy) is 1. The first-order valence-corrected chi connectivity index (χ1v) is 9.06. The van der Waals surface area contributed by atoms with Crippen molar-refractivity contribution >= 4 is 29.5 Å². The van der Waals surface area contributed by atoms with Gasteiger partial charge in [-0.25, -0.2) is 9.18 Å². The maximum absolute atomic E-state index is 12.9. The van der Waals surface area contributed by atoms with Gasteiger partial charge in [0, 0.05) is 5.69 Å². The summed E-state index contributed by atoms with van der Waals surface area (Å²) in [5.41, 5.74) is -0.700. The van der Waals surface area contributed by atoms with Gasteiger partial charge in [-0.15, -0.1) is 0 Å². The zero-order valence-corrected chi connectivity index (χ0v) is 16.1. The fraction of sp³-hybridized carbons (Fsp3) is 0.474. The van der Waals surface area contributed by atoms with Gasteiger partial charge in [0.2, 0.25) is 0 Å². The van der Waals surface area contributed by atoms with Gasteiger partial charge in [0.15, 0.2) is 6.10 Å². The molecule has 1 fully saturated rings. The van der Waals surface area contributed by atoms with Crippen molar-refractivity contribution in [2.24, 2.45) is 0 Å². The minimum Gasteiger partial charge on any atom is -0.451 e. The molecule has 1 heterocycles. The Balaban J connectivity index is 1.90. The molecule has 2 atom stereocenters. The van der Waals surface area contributed by atoms with Gasteiger partial charge in [-0.05, 0) is 44.5 Å². The highest BCUT2D eigenvalue weighted by atomic mass is 19.1. The topological polar surface area (TPSA) is 105 Å². The number of hydrogen-bond donors (Lipinski definition) is 2. The molecule has 8 nitrogen and oxygen atoms in total. The number of urea groups is 1. The molecule has 0 radical (unpaired) electrons. The lowest BCUT2D eigenvalue weighted by Gasteiger charge is -2.21. The molecule has 1 aromatic carbocycles. The summed E-state index contributed by atoms with van der Waals surface area (Å²) in [5, 5.41) is 5.08. The van der Waals surface area contributed by atoms with E-state index in [1.807, 2.05) is 6.92 Å². The number of unbranched alkanes of at least 4 members (excludes halogenated alkanes) is 1. The van der Waals surface area contributed by atoms with Gasteiger partial charge in [-0.1, -0.05) is 19.8 Å². The van der Waals surface area contributed by atoms with Crippen LogP contribution in [0.15, 0.2) is 24.3 Å². The summed E-state index contributed by atoms with van der Waals surface area (Å²) in [5.74, 6) is -2.45. The van der Waals surface area contributed by atoms with Crippen LogP contribution in [-0.2, 0) is 19.1 Å². The number of amides is 4. The highest BCUT2D eigenvalue weighted by Gasteiger charge is 2.48. The van der Waals surface area contributed by atoms with Gasteiger partial charge < -0.3 is 15.4 Å². The molecule has 4 amide bonds. The highest BCUT2D eigenvalue weighted by molar-refractivity contribution is 6.08. The van der Waals surface area contributed by atoms with E-state index in [9.17, 15) is 23.6 Å². The second-order valence-electron chi connectivity index (χ2n) is 6.89. The van der Waals surface area contributed by atoms with Gasteiger partial charge >= 0.3 is 12.0 Å². The van der Waals surface area contributed by atoms with E-state index in [2.05, 4.69) is 10.6 Å². The van der Waals surface area contributed by atoms with Gasteiger partial charge in [-0.2, -0.15) is 0 Å². The lowest BCUT2D eigenvalue weighted by atomic mass is 9.95. The van der Waals surface area contributed by atoms with Crippen LogP contribution in [0.25, 0.3) is 0 Å². The molecule has 2 N–H and O–H groups in total. The van der Waals surface area contributed by atoms with E-state index < -0.39 is 47.8 Å². The monoisotopic (exact) mass is 393 g/mol. The number of nitrogens with zero attached hydrogens (tertiary/aromatic N) is 1. The van der Waals surface area contributed by atoms with Crippen LogP contribution in [0.2, 0.25) is 0 Å². The van der Waals surface area contributed by atoms with E-state index in [0.29, 0.717) is 12.1 Å². The van der Waals surface area contributed by atoms with E-state index in [1.165, 1.54) is 31.2 Å². The van der Waals surface area contributed by atoms with Crippen molar-refractivity contribution in [2.75, 3.05) is 11.9 Å². The number of halogens is 1. The summed E-state index contributed by atoms with van der Waals surface area (Å²) in [7, 11) is 0. The van der Waals surface area contributed by atoms with Crippen molar-refractivity contribution in [3.63, 3.8) is 0 Å². The summed E-state index contributed by atoms with van der Waals surface area (Å²) >= 11 is 0. The lowest BCUT2D eigenvalue weighted by molar-refractivity contribution is -0.155. The average Bonchev–Trinajstić information content (AvgIpc) is 2.85. The molecule has 1 aliphatic heterocycles. The van der Waals surface area contributed by atoms with Crippen molar-refractivity contribution in [2.45, 2.75) is 51.7 Å². The summed E-state index contributed by atoms with van der Waals surface area (Å²) in [6.45, 7) is 4.36. The number of hydrogen-bond acceptors (Lipinski definition) is 5. The molecule has 0 unspecified atom stereocenters. The van der Waals surface area contributed by atoms with Gasteiger partial charge in [-0.3, -0.25) is 19.3 Å². The average molecular weight is 393 g/mol. The Bertz CT molecular complexity index is 767. The minimum atomic E-state index is -1.16. The maximum Gasteiger partial charge on any atom is 0.327 e. The molecule has 0 bridgehead atoms. The van der Waals surface area contributed by atoms with Gasteiger partial charge in [0.1, 0.15) is 17.9 Å². The van der Waals surface area contributed by atoms with Crippen molar-refractivity contribution < 1.29 is 28.3 Å². The maximum atomic E-state index is 12.9. The number of carbonyl (C=O) groups is 4. The van der Waals surface area contributed by atoms with Crippen LogP contribution in [0.3, 0.4) is 0 Å². The molecule has 152 valence electrons. The summed E-state index contributed by atoms with van der Waals surface area (Å²) in [4.78, 5) is 49.5. The van der Waals surface area contributed by atoms with E-state index in [1.54, 1.807) is 6.92 Å². The molecule has 28 heavy (non-hydrogen) atoms. The number of carbonyl (C=O) groups excluding carboxylic acids is 4. The number of benzene rings is 1. The summed E-state index contributed by atoms with van der Waals surface area (Å²) in [6, 6.07) is 4.43. The van der Waals surface area contributed by atoms with Crippen LogP contribution in [0.1, 0.15) is 40.0 Å². The molecule has 0 spiro atoms. The second-order valence-corrected chi connectivity index (χ2v) is 6.89. The standard InChI is InChI=1S/C19H24FN3O5/c1-4-5-10-19(3)17(26)23(18(27)22-19)11-15(24)28-12(2)16(25)21-14-8-6-13(20)7-9-14/h6-9,12H,4-5,10-11H2,1-3H3,(H,21,25)(H,22,27)/t12-,19+/m1/s1. The second kappa shape index (κ2) is 8.81. The first-order valence-electron chi connectivity index (χ1n) is 9.06. The zero-order valence-electron chi connectivity index (χ0n) is 16.1. The van der Waals surface area contributed by atoms with E-state index in [-0.39, 0.29) is 0 Å². The smallest absolute Gasteiger partial charge is 0.327 e. The number of anilines is 1. The Morgan fingerprint density at radius 1 is 1.29 bits per heavy atom. The van der Waals surface area contributed by atoms with Crippen LogP contribution >= 0.6 is 0 Å². The van der Waals surface area contributed by atoms with Crippen molar-refractivity contribution in [3.8, 4) is 0 Å². The number of imide groups is 1.